The molecular formula is C14H25NO2. The van der Waals surface area contributed by atoms with Crippen molar-refractivity contribution in [2.24, 2.45) is 17.3 Å². The quantitative estimate of drug-likeness (QED) is 0.823. The van der Waals surface area contributed by atoms with Gasteiger partial charge in [0.2, 0.25) is 0 Å². The van der Waals surface area contributed by atoms with Gasteiger partial charge in [0.15, 0.2) is 0 Å². The topological polar surface area (TPSA) is 40.5 Å². The van der Waals surface area contributed by atoms with Crippen LogP contribution in [0.15, 0.2) is 0 Å². The van der Waals surface area contributed by atoms with Gasteiger partial charge in [0.25, 0.3) is 0 Å². The largest absolute Gasteiger partial charge is 0.481 e. The third kappa shape index (κ3) is 3.01. The molecule has 3 heteroatoms. The molecule has 0 radical (unpaired) electrons. The molecule has 17 heavy (non-hydrogen) atoms. The van der Waals surface area contributed by atoms with Gasteiger partial charge in [0, 0.05) is 13.1 Å². The second kappa shape index (κ2) is 4.97. The molecule has 2 fully saturated rings. The Kier molecular flexibility index (Phi) is 3.76. The van der Waals surface area contributed by atoms with Crippen LogP contribution in [0.1, 0.15) is 46.0 Å². The normalized spacial score (nSPS) is 30.9. The van der Waals surface area contributed by atoms with E-state index in [9.17, 15) is 9.90 Å². The van der Waals surface area contributed by atoms with Crippen LogP contribution >= 0.6 is 0 Å². The molecule has 0 spiro atoms. The predicted octanol–water partition coefficient (Wildman–Crippen LogP) is 2.61. The molecule has 1 saturated carbocycles. The number of nitrogens with zero attached hydrogens (tertiary/aromatic N) is 1. The first-order chi connectivity index (χ1) is 7.99. The molecule has 1 N–H and O–H groups in total. The van der Waals surface area contributed by atoms with Gasteiger partial charge in [-0.2, -0.15) is 0 Å². The highest BCUT2D eigenvalue weighted by Crippen LogP contribution is 2.36. The number of aliphatic carboxylic acids is 1. The molecule has 2 rings (SSSR count). The van der Waals surface area contributed by atoms with Crippen LogP contribution in [0, 0.1) is 17.3 Å². The maximum Gasteiger partial charge on any atom is 0.310 e. The summed E-state index contributed by atoms with van der Waals surface area (Å²) in [6, 6.07) is 0. The predicted molar refractivity (Wildman–Crippen MR) is 67.9 cm³/mol. The monoisotopic (exact) mass is 239 g/mol. The van der Waals surface area contributed by atoms with Gasteiger partial charge in [0.05, 0.1) is 5.41 Å². The first-order valence-corrected chi connectivity index (χ1v) is 6.95. The summed E-state index contributed by atoms with van der Waals surface area (Å²) in [4.78, 5) is 13.5. The Morgan fingerprint density at radius 3 is 2.53 bits per heavy atom. The SMILES string of the molecule is CC(C)(CN1CCC2CCCCC2C1)C(=O)O. The Balaban J connectivity index is 1.89. The Morgan fingerprint density at radius 1 is 1.24 bits per heavy atom. The van der Waals surface area contributed by atoms with E-state index in [4.69, 9.17) is 0 Å². The van der Waals surface area contributed by atoms with Gasteiger partial charge in [-0.05, 0) is 45.1 Å². The van der Waals surface area contributed by atoms with Gasteiger partial charge in [0.1, 0.15) is 0 Å². The highest BCUT2D eigenvalue weighted by Gasteiger charge is 2.35. The van der Waals surface area contributed by atoms with Crippen molar-refractivity contribution in [2.75, 3.05) is 19.6 Å². The summed E-state index contributed by atoms with van der Waals surface area (Å²) in [7, 11) is 0. The van der Waals surface area contributed by atoms with Crippen LogP contribution in [-0.4, -0.2) is 35.6 Å². The average Bonchev–Trinajstić information content (AvgIpc) is 2.28. The molecule has 0 aromatic heterocycles. The highest BCUT2D eigenvalue weighted by atomic mass is 16.4. The lowest BCUT2D eigenvalue weighted by Gasteiger charge is -2.43. The van der Waals surface area contributed by atoms with Crippen LogP contribution in [0.25, 0.3) is 0 Å². The minimum absolute atomic E-state index is 0.610. The molecule has 2 unspecified atom stereocenters. The second-order valence-electron chi connectivity index (χ2n) is 6.52. The molecule has 1 aliphatic carbocycles. The molecule has 0 aromatic carbocycles. The molecule has 98 valence electrons. The van der Waals surface area contributed by atoms with E-state index in [2.05, 4.69) is 4.90 Å². The van der Waals surface area contributed by atoms with Gasteiger partial charge in [-0.3, -0.25) is 4.79 Å². The molecule has 3 nitrogen and oxygen atoms in total. The number of carboxylic acid groups (broad SMARTS) is 1. The third-order valence-corrected chi connectivity index (χ3v) is 4.57. The number of piperidine rings is 1. The average molecular weight is 239 g/mol. The summed E-state index contributed by atoms with van der Waals surface area (Å²) in [5.74, 6) is 1.08. The van der Waals surface area contributed by atoms with Crippen molar-refractivity contribution >= 4 is 5.97 Å². The van der Waals surface area contributed by atoms with Gasteiger partial charge >= 0.3 is 5.97 Å². The molecule has 0 bridgehead atoms. The Labute approximate surface area is 104 Å². The molecule has 1 heterocycles. The maximum absolute atomic E-state index is 11.2. The van der Waals surface area contributed by atoms with E-state index in [0.717, 1.165) is 24.9 Å². The number of hydrogen-bond donors (Lipinski definition) is 1. The number of hydrogen-bond acceptors (Lipinski definition) is 2. The fraction of sp³-hybridized carbons (Fsp3) is 0.929. The van der Waals surface area contributed by atoms with E-state index < -0.39 is 11.4 Å². The van der Waals surface area contributed by atoms with Gasteiger partial charge < -0.3 is 10.0 Å². The molecule has 2 atom stereocenters. The van der Waals surface area contributed by atoms with E-state index in [1.54, 1.807) is 0 Å². The van der Waals surface area contributed by atoms with Crippen LogP contribution in [0.3, 0.4) is 0 Å². The number of carboxylic acids is 1. The Hall–Kier alpha value is -0.570. The molecule has 1 aliphatic heterocycles. The molecule has 1 saturated heterocycles. The van der Waals surface area contributed by atoms with E-state index in [0.29, 0.717) is 6.54 Å². The molecule has 0 amide bonds. The lowest BCUT2D eigenvalue weighted by molar-refractivity contribution is -0.148. The zero-order chi connectivity index (χ0) is 12.5. The van der Waals surface area contributed by atoms with Crippen LogP contribution in [0.2, 0.25) is 0 Å². The summed E-state index contributed by atoms with van der Waals surface area (Å²) < 4.78 is 0. The van der Waals surface area contributed by atoms with Crippen molar-refractivity contribution in [1.29, 1.82) is 0 Å². The molecular weight excluding hydrogens is 214 g/mol. The number of rotatable bonds is 3. The van der Waals surface area contributed by atoms with Crippen molar-refractivity contribution in [1.82, 2.24) is 4.90 Å². The third-order valence-electron chi connectivity index (χ3n) is 4.57. The van der Waals surface area contributed by atoms with E-state index in [1.165, 1.54) is 32.1 Å². The minimum Gasteiger partial charge on any atom is -0.481 e. The number of fused-ring (bicyclic) bond motifs is 1. The fourth-order valence-electron chi connectivity index (χ4n) is 3.45. The zero-order valence-electron chi connectivity index (χ0n) is 11.1. The van der Waals surface area contributed by atoms with Gasteiger partial charge in [-0.15, -0.1) is 0 Å². The first-order valence-electron chi connectivity index (χ1n) is 6.95. The van der Waals surface area contributed by atoms with E-state index in [1.807, 2.05) is 13.8 Å². The van der Waals surface area contributed by atoms with Gasteiger partial charge in [-0.1, -0.05) is 19.3 Å². The Morgan fingerprint density at radius 2 is 1.88 bits per heavy atom. The number of likely N-dealkylation sites (tertiary alicyclic amines) is 1. The number of carbonyl (C=O) groups is 1. The van der Waals surface area contributed by atoms with Crippen LogP contribution < -0.4 is 0 Å². The summed E-state index contributed by atoms with van der Waals surface area (Å²) in [5.41, 5.74) is -0.610. The lowest BCUT2D eigenvalue weighted by atomic mass is 9.74. The van der Waals surface area contributed by atoms with E-state index in [-0.39, 0.29) is 0 Å². The second-order valence-corrected chi connectivity index (χ2v) is 6.52. The van der Waals surface area contributed by atoms with Crippen LogP contribution in [0.5, 0.6) is 0 Å². The van der Waals surface area contributed by atoms with Crippen LogP contribution in [0.4, 0.5) is 0 Å². The summed E-state index contributed by atoms with van der Waals surface area (Å²) in [6.07, 6.45) is 6.81. The zero-order valence-corrected chi connectivity index (χ0v) is 11.1. The Bertz CT molecular complexity index is 288. The smallest absolute Gasteiger partial charge is 0.310 e. The summed E-state index contributed by atoms with van der Waals surface area (Å²) >= 11 is 0. The summed E-state index contributed by atoms with van der Waals surface area (Å²) in [6.45, 7) is 6.59. The highest BCUT2D eigenvalue weighted by molar-refractivity contribution is 5.73. The van der Waals surface area contributed by atoms with Crippen LogP contribution in [-0.2, 0) is 4.79 Å². The van der Waals surface area contributed by atoms with Gasteiger partial charge in [-0.25, -0.2) is 0 Å². The maximum atomic E-state index is 11.2. The van der Waals surface area contributed by atoms with Crippen molar-refractivity contribution in [3.05, 3.63) is 0 Å². The van der Waals surface area contributed by atoms with E-state index >= 15 is 0 Å². The lowest BCUT2D eigenvalue weighted by Crippen LogP contribution is -2.47. The standard InChI is InChI=1S/C14H25NO2/c1-14(2,13(16)17)10-15-8-7-11-5-3-4-6-12(11)9-15/h11-12H,3-10H2,1-2H3,(H,16,17). The fourth-order valence-corrected chi connectivity index (χ4v) is 3.45. The molecule has 0 aromatic rings. The van der Waals surface area contributed by atoms with Crippen molar-refractivity contribution in [3.63, 3.8) is 0 Å². The van der Waals surface area contributed by atoms with Crippen molar-refractivity contribution < 1.29 is 9.90 Å². The first kappa shape index (κ1) is 12.9. The summed E-state index contributed by atoms with van der Waals surface area (Å²) in [5, 5.41) is 9.18. The van der Waals surface area contributed by atoms with Crippen molar-refractivity contribution in [3.8, 4) is 0 Å². The molecule has 2 aliphatic rings. The van der Waals surface area contributed by atoms with Crippen molar-refractivity contribution in [2.45, 2.75) is 46.0 Å². The minimum atomic E-state index is -0.678.